The largest absolute Gasteiger partial charge is 0.416 e. The molecular weight excluding hydrogens is 423 g/mol. The highest BCUT2D eigenvalue weighted by atomic mass is 79.9. The molecule has 0 radical (unpaired) electrons. The molecule has 1 saturated heterocycles. The van der Waals surface area contributed by atoms with Gasteiger partial charge in [0.2, 0.25) is 5.91 Å². The van der Waals surface area contributed by atoms with Crippen molar-refractivity contribution in [1.29, 1.82) is 0 Å². The molecule has 1 amide bonds. The Morgan fingerprint density at radius 1 is 1.04 bits per heavy atom. The molecule has 1 aliphatic heterocycles. The van der Waals surface area contributed by atoms with E-state index in [-0.39, 0.29) is 12.5 Å². The number of carbonyl (C=O) groups excluding carboxylic acids is 1. The minimum absolute atomic E-state index is 0.111. The molecule has 2 aromatic rings. The van der Waals surface area contributed by atoms with Gasteiger partial charge in [0.15, 0.2) is 0 Å². The van der Waals surface area contributed by atoms with Crippen molar-refractivity contribution in [2.24, 2.45) is 0 Å². The predicted molar refractivity (Wildman–Crippen MR) is 103 cm³/mol. The molecule has 1 heterocycles. The summed E-state index contributed by atoms with van der Waals surface area (Å²) in [7, 11) is 0. The van der Waals surface area contributed by atoms with Gasteiger partial charge in [0.1, 0.15) is 0 Å². The number of amides is 1. The van der Waals surface area contributed by atoms with Crippen molar-refractivity contribution >= 4 is 33.2 Å². The number of nitrogens with zero attached hydrogens (tertiary/aromatic N) is 2. The molecule has 1 fully saturated rings. The molecule has 0 saturated carbocycles. The monoisotopic (exact) mass is 441 g/mol. The van der Waals surface area contributed by atoms with Crippen LogP contribution in [-0.2, 0) is 11.0 Å². The first-order chi connectivity index (χ1) is 12.8. The van der Waals surface area contributed by atoms with Gasteiger partial charge in [-0.2, -0.15) is 13.2 Å². The van der Waals surface area contributed by atoms with Crippen molar-refractivity contribution in [3.63, 3.8) is 0 Å². The van der Waals surface area contributed by atoms with Gasteiger partial charge >= 0.3 is 6.18 Å². The van der Waals surface area contributed by atoms with Crippen LogP contribution in [0.3, 0.4) is 0 Å². The normalized spacial score (nSPS) is 15.6. The van der Waals surface area contributed by atoms with Gasteiger partial charge in [0.25, 0.3) is 0 Å². The molecular formula is C19H19BrF3N3O. The molecule has 1 N–H and O–H groups in total. The van der Waals surface area contributed by atoms with Crippen LogP contribution < -0.4 is 10.2 Å². The highest BCUT2D eigenvalue weighted by Crippen LogP contribution is 2.31. The molecule has 0 bridgehead atoms. The summed E-state index contributed by atoms with van der Waals surface area (Å²) >= 11 is 3.36. The third-order valence-corrected chi connectivity index (χ3v) is 4.88. The van der Waals surface area contributed by atoms with Crippen LogP contribution in [0.4, 0.5) is 24.5 Å². The fourth-order valence-corrected chi connectivity index (χ4v) is 3.41. The van der Waals surface area contributed by atoms with Gasteiger partial charge in [0.05, 0.1) is 12.1 Å². The smallest absolute Gasteiger partial charge is 0.369 e. The molecule has 0 aromatic heterocycles. The first-order valence-electron chi connectivity index (χ1n) is 8.51. The number of hydrogen-bond donors (Lipinski definition) is 1. The fourth-order valence-electron chi connectivity index (χ4n) is 3.01. The Morgan fingerprint density at radius 3 is 2.41 bits per heavy atom. The van der Waals surface area contributed by atoms with Crippen molar-refractivity contribution in [1.82, 2.24) is 4.90 Å². The van der Waals surface area contributed by atoms with E-state index < -0.39 is 11.7 Å². The molecule has 0 unspecified atom stereocenters. The summed E-state index contributed by atoms with van der Waals surface area (Å²) in [5, 5.41) is 2.85. The van der Waals surface area contributed by atoms with Crippen molar-refractivity contribution in [3.05, 3.63) is 58.6 Å². The highest BCUT2D eigenvalue weighted by molar-refractivity contribution is 9.10. The van der Waals surface area contributed by atoms with E-state index in [2.05, 4.69) is 21.2 Å². The van der Waals surface area contributed by atoms with Gasteiger partial charge in [-0.05, 0) is 36.4 Å². The maximum Gasteiger partial charge on any atom is 0.416 e. The molecule has 0 atom stereocenters. The van der Waals surface area contributed by atoms with Gasteiger partial charge in [-0.15, -0.1) is 0 Å². The van der Waals surface area contributed by atoms with E-state index in [1.165, 1.54) is 12.1 Å². The summed E-state index contributed by atoms with van der Waals surface area (Å²) in [6, 6.07) is 12.7. The van der Waals surface area contributed by atoms with Crippen molar-refractivity contribution in [2.75, 3.05) is 42.9 Å². The molecule has 1 aliphatic rings. The second-order valence-electron chi connectivity index (χ2n) is 6.37. The maximum atomic E-state index is 12.9. The highest BCUT2D eigenvalue weighted by Gasteiger charge is 2.31. The van der Waals surface area contributed by atoms with E-state index in [4.69, 9.17) is 0 Å². The van der Waals surface area contributed by atoms with E-state index in [9.17, 15) is 18.0 Å². The zero-order valence-corrected chi connectivity index (χ0v) is 16.1. The van der Waals surface area contributed by atoms with Gasteiger partial charge in [0, 0.05) is 42.0 Å². The molecule has 0 spiro atoms. The van der Waals surface area contributed by atoms with Crippen LogP contribution >= 0.6 is 15.9 Å². The van der Waals surface area contributed by atoms with E-state index in [1.54, 1.807) is 6.07 Å². The molecule has 144 valence electrons. The lowest BCUT2D eigenvalue weighted by Crippen LogP contribution is -2.48. The Bertz CT molecular complexity index is 805. The zero-order chi connectivity index (χ0) is 19.4. The van der Waals surface area contributed by atoms with Crippen molar-refractivity contribution in [3.8, 4) is 0 Å². The minimum atomic E-state index is -4.34. The van der Waals surface area contributed by atoms with E-state index in [0.717, 1.165) is 16.2 Å². The van der Waals surface area contributed by atoms with Crippen LogP contribution in [-0.4, -0.2) is 43.5 Å². The summed E-state index contributed by atoms with van der Waals surface area (Å²) in [4.78, 5) is 16.1. The summed E-state index contributed by atoms with van der Waals surface area (Å²) < 4.78 is 39.5. The van der Waals surface area contributed by atoms with Gasteiger partial charge < -0.3 is 10.2 Å². The summed E-state index contributed by atoms with van der Waals surface area (Å²) in [5.41, 5.74) is 0.635. The average molecular weight is 442 g/mol. The Kier molecular flexibility index (Phi) is 6.06. The number of anilines is 2. The number of piperazine rings is 1. The lowest BCUT2D eigenvalue weighted by atomic mass is 10.1. The quantitative estimate of drug-likeness (QED) is 0.770. The predicted octanol–water partition coefficient (Wildman–Crippen LogP) is 4.23. The van der Waals surface area contributed by atoms with Crippen molar-refractivity contribution < 1.29 is 18.0 Å². The first-order valence-corrected chi connectivity index (χ1v) is 9.30. The number of benzene rings is 2. The van der Waals surface area contributed by atoms with Gasteiger partial charge in [-0.3, -0.25) is 9.69 Å². The summed E-state index contributed by atoms with van der Waals surface area (Å²) in [6.45, 7) is 2.63. The number of alkyl halides is 3. The number of rotatable bonds is 4. The van der Waals surface area contributed by atoms with Crippen LogP contribution in [0, 0.1) is 0 Å². The van der Waals surface area contributed by atoms with Gasteiger partial charge in [-0.25, -0.2) is 0 Å². The molecule has 27 heavy (non-hydrogen) atoms. The van der Waals surface area contributed by atoms with Crippen LogP contribution in [0.15, 0.2) is 53.0 Å². The number of carbonyl (C=O) groups is 1. The average Bonchev–Trinajstić information content (AvgIpc) is 2.62. The maximum absolute atomic E-state index is 12.9. The summed E-state index contributed by atoms with van der Waals surface area (Å²) in [5.74, 6) is -0.111. The van der Waals surface area contributed by atoms with E-state index >= 15 is 0 Å². The number of nitrogens with one attached hydrogen (secondary N) is 1. The SMILES string of the molecule is O=C(CN1CCN(c2cccc(C(F)(F)F)c2)CC1)Nc1cccc(Br)c1. The van der Waals surface area contributed by atoms with Crippen LogP contribution in [0.2, 0.25) is 0 Å². The molecule has 4 nitrogen and oxygen atoms in total. The van der Waals surface area contributed by atoms with Gasteiger partial charge in [-0.1, -0.05) is 28.1 Å². The third kappa shape index (κ3) is 5.46. The number of halogens is 4. The van der Waals surface area contributed by atoms with Crippen LogP contribution in [0.1, 0.15) is 5.56 Å². The second-order valence-corrected chi connectivity index (χ2v) is 7.29. The van der Waals surface area contributed by atoms with Crippen LogP contribution in [0.5, 0.6) is 0 Å². The second kappa shape index (κ2) is 8.31. The van der Waals surface area contributed by atoms with E-state index in [1.807, 2.05) is 34.1 Å². The molecule has 2 aromatic carbocycles. The van der Waals surface area contributed by atoms with E-state index in [0.29, 0.717) is 31.9 Å². The Morgan fingerprint density at radius 2 is 1.74 bits per heavy atom. The molecule has 0 aliphatic carbocycles. The minimum Gasteiger partial charge on any atom is -0.369 e. The fraction of sp³-hybridized carbons (Fsp3) is 0.316. The lowest BCUT2D eigenvalue weighted by molar-refractivity contribution is -0.137. The Labute approximate surface area is 164 Å². The molecule has 8 heteroatoms. The topological polar surface area (TPSA) is 35.6 Å². The molecule has 3 rings (SSSR count). The first kappa shape index (κ1) is 19.7. The lowest BCUT2D eigenvalue weighted by Gasteiger charge is -2.36. The third-order valence-electron chi connectivity index (χ3n) is 4.39. The Balaban J connectivity index is 1.52. The van der Waals surface area contributed by atoms with Crippen molar-refractivity contribution in [2.45, 2.75) is 6.18 Å². The Hall–Kier alpha value is -2.06. The number of hydrogen-bond acceptors (Lipinski definition) is 3. The van der Waals surface area contributed by atoms with Crippen LogP contribution in [0.25, 0.3) is 0 Å². The zero-order valence-electron chi connectivity index (χ0n) is 14.5. The standard InChI is InChI=1S/C19H19BrF3N3O/c20-15-4-2-5-16(12-15)24-18(27)13-25-7-9-26(10-8-25)17-6-1-3-14(11-17)19(21,22)23/h1-6,11-12H,7-10,13H2,(H,24,27). The summed E-state index contributed by atoms with van der Waals surface area (Å²) in [6.07, 6.45) is -4.34.